The maximum Gasteiger partial charge on any atom is 0.471 e. The van der Waals surface area contributed by atoms with Crippen molar-refractivity contribution < 1.29 is 18.0 Å². The number of nitrogens with two attached hydrogens (primary N) is 1. The number of nitrogen functional groups attached to an aromatic ring is 1. The van der Waals surface area contributed by atoms with Crippen LogP contribution < -0.4 is 11.1 Å². The third kappa shape index (κ3) is 4.38. The van der Waals surface area contributed by atoms with Gasteiger partial charge in [0.25, 0.3) is 0 Å². The van der Waals surface area contributed by atoms with E-state index in [4.69, 9.17) is 5.73 Å². The number of fused-ring (bicyclic) bond motifs is 1. The van der Waals surface area contributed by atoms with Crippen LogP contribution in [0.1, 0.15) is 26.3 Å². The lowest BCUT2D eigenvalue weighted by Crippen LogP contribution is -2.36. The smallest absolute Gasteiger partial charge is 0.383 e. The van der Waals surface area contributed by atoms with E-state index in [0.29, 0.717) is 23.1 Å². The Balaban J connectivity index is 0.00000139. The van der Waals surface area contributed by atoms with Crippen LogP contribution in [0.5, 0.6) is 0 Å². The molecule has 2 aromatic rings. The van der Waals surface area contributed by atoms with Crippen LogP contribution in [-0.2, 0) is 11.3 Å². The molecule has 0 saturated carbocycles. The zero-order chi connectivity index (χ0) is 18.3. The Morgan fingerprint density at radius 1 is 1.38 bits per heavy atom. The number of amides is 1. The first-order valence-electron chi connectivity index (χ1n) is 7.27. The predicted molar refractivity (Wildman–Crippen MR) is 84.9 cm³/mol. The van der Waals surface area contributed by atoms with Gasteiger partial charge in [-0.3, -0.25) is 4.79 Å². The molecule has 0 radical (unpaired) electrons. The molecule has 9 heteroatoms. The lowest BCUT2D eigenvalue weighted by Gasteiger charge is -2.03. The molecule has 2 aromatic heterocycles. The fourth-order valence-corrected chi connectivity index (χ4v) is 1.85. The monoisotopic (exact) mass is 341 g/mol. The highest BCUT2D eigenvalue weighted by molar-refractivity contribution is 5.92. The van der Waals surface area contributed by atoms with Gasteiger partial charge >= 0.3 is 12.1 Å². The normalized spacial score (nSPS) is 10.4. The van der Waals surface area contributed by atoms with Crippen LogP contribution in [0.4, 0.5) is 19.0 Å². The van der Waals surface area contributed by atoms with E-state index in [1.54, 1.807) is 16.1 Å². The summed E-state index contributed by atoms with van der Waals surface area (Å²) in [4.78, 5) is 18.6. The van der Waals surface area contributed by atoms with Crippen molar-refractivity contribution in [2.45, 2.75) is 33.5 Å². The second-order valence-electron chi connectivity index (χ2n) is 4.27. The minimum absolute atomic E-state index is 0.237. The first-order chi connectivity index (χ1) is 11.3. The van der Waals surface area contributed by atoms with Gasteiger partial charge in [0.1, 0.15) is 17.8 Å². The van der Waals surface area contributed by atoms with E-state index in [9.17, 15) is 18.0 Å². The molecule has 6 nitrogen and oxygen atoms in total. The van der Waals surface area contributed by atoms with Crippen molar-refractivity contribution in [1.29, 1.82) is 0 Å². The third-order valence-electron chi connectivity index (χ3n) is 2.84. The van der Waals surface area contributed by atoms with Crippen molar-refractivity contribution in [2.75, 3.05) is 12.3 Å². The number of carbonyl (C=O) groups excluding carboxylic acids is 1. The predicted octanol–water partition coefficient (Wildman–Crippen LogP) is 2.09. The van der Waals surface area contributed by atoms with Gasteiger partial charge in [-0.2, -0.15) is 13.2 Å². The number of aryl methyl sites for hydroxylation is 1. The van der Waals surface area contributed by atoms with Crippen LogP contribution >= 0.6 is 0 Å². The van der Waals surface area contributed by atoms with Crippen molar-refractivity contribution in [3.63, 3.8) is 0 Å². The number of halogens is 3. The fourth-order valence-electron chi connectivity index (χ4n) is 1.85. The Morgan fingerprint density at radius 2 is 2.04 bits per heavy atom. The molecule has 0 unspecified atom stereocenters. The maximum atomic E-state index is 12.0. The van der Waals surface area contributed by atoms with E-state index in [-0.39, 0.29) is 5.82 Å². The van der Waals surface area contributed by atoms with Gasteiger partial charge in [-0.05, 0) is 6.92 Å². The van der Waals surface area contributed by atoms with E-state index in [1.165, 1.54) is 6.33 Å². The molecule has 0 atom stereocenters. The van der Waals surface area contributed by atoms with Crippen molar-refractivity contribution >= 4 is 22.8 Å². The zero-order valence-electron chi connectivity index (χ0n) is 13.5. The van der Waals surface area contributed by atoms with Gasteiger partial charge in [-0.15, -0.1) is 0 Å². The average molecular weight is 341 g/mol. The Hall–Kier alpha value is -2.76. The highest BCUT2D eigenvalue weighted by atomic mass is 19.4. The van der Waals surface area contributed by atoms with E-state index >= 15 is 0 Å². The molecule has 0 aromatic carbocycles. The Labute approximate surface area is 137 Å². The lowest BCUT2D eigenvalue weighted by atomic mass is 10.2. The molecule has 0 bridgehead atoms. The Bertz CT molecular complexity index is 771. The summed E-state index contributed by atoms with van der Waals surface area (Å²) >= 11 is 0. The van der Waals surface area contributed by atoms with Gasteiger partial charge in [0.2, 0.25) is 0 Å². The largest absolute Gasteiger partial charge is 0.471 e. The number of carbonyl (C=O) groups is 1. The lowest BCUT2D eigenvalue weighted by molar-refractivity contribution is -0.173. The molecule has 2 heterocycles. The zero-order valence-corrected chi connectivity index (χ0v) is 13.5. The van der Waals surface area contributed by atoms with Crippen molar-refractivity contribution in [2.24, 2.45) is 0 Å². The van der Waals surface area contributed by atoms with Crippen LogP contribution in [-0.4, -0.2) is 33.2 Å². The van der Waals surface area contributed by atoms with Gasteiger partial charge in [0.15, 0.2) is 0 Å². The van der Waals surface area contributed by atoms with Crippen LogP contribution in [0.25, 0.3) is 11.0 Å². The summed E-state index contributed by atoms with van der Waals surface area (Å²) in [5, 5.41) is 2.21. The van der Waals surface area contributed by atoms with Crippen LogP contribution in [0.15, 0.2) is 12.5 Å². The third-order valence-corrected chi connectivity index (χ3v) is 2.84. The fraction of sp³-hybridized carbons (Fsp3) is 0.400. The quantitative estimate of drug-likeness (QED) is 0.819. The van der Waals surface area contributed by atoms with Crippen molar-refractivity contribution in [3.8, 4) is 11.8 Å². The summed E-state index contributed by atoms with van der Waals surface area (Å²) in [6.07, 6.45) is -1.91. The molecule has 0 aliphatic carbocycles. The summed E-state index contributed by atoms with van der Waals surface area (Å²) in [6, 6.07) is 0. The highest BCUT2D eigenvalue weighted by Crippen LogP contribution is 2.22. The molecule has 0 fully saturated rings. The van der Waals surface area contributed by atoms with Crippen LogP contribution in [0.3, 0.4) is 0 Å². The number of nitrogens with zero attached hydrogens (tertiary/aromatic N) is 3. The molecule has 0 aliphatic rings. The molecule has 2 rings (SSSR count). The minimum atomic E-state index is -4.92. The molecule has 0 saturated heterocycles. The highest BCUT2D eigenvalue weighted by Gasteiger charge is 2.38. The molecular formula is C15H18F3N5O. The molecule has 0 spiro atoms. The van der Waals surface area contributed by atoms with Gasteiger partial charge in [-0.1, -0.05) is 25.7 Å². The first kappa shape index (κ1) is 19.3. The van der Waals surface area contributed by atoms with Gasteiger partial charge in [-0.25, -0.2) is 9.97 Å². The molecule has 1 amide bonds. The molecular weight excluding hydrogens is 323 g/mol. The van der Waals surface area contributed by atoms with Gasteiger partial charge in [0, 0.05) is 12.7 Å². The number of alkyl halides is 3. The van der Waals surface area contributed by atoms with E-state index in [2.05, 4.69) is 21.8 Å². The number of hydrogen-bond donors (Lipinski definition) is 2. The number of anilines is 1. The summed E-state index contributed by atoms with van der Waals surface area (Å²) in [5.74, 6) is 3.34. The van der Waals surface area contributed by atoms with Crippen molar-refractivity contribution in [1.82, 2.24) is 19.9 Å². The second-order valence-corrected chi connectivity index (χ2v) is 4.27. The van der Waals surface area contributed by atoms with E-state index in [0.717, 1.165) is 0 Å². The number of rotatable bonds is 2. The molecule has 0 aliphatic heterocycles. The standard InChI is InChI=1S/C13H12F3N5O.C2H6/c1-2-21-6-8(9-10(17)19-7-20-11(9)21)4-3-5-18-12(22)13(14,15)16;1-2/h6-7H,2,5H2,1H3,(H,18,22)(H2,17,19,20);1-2H3. The Morgan fingerprint density at radius 3 is 2.62 bits per heavy atom. The van der Waals surface area contributed by atoms with E-state index < -0.39 is 18.6 Å². The van der Waals surface area contributed by atoms with Crippen molar-refractivity contribution in [3.05, 3.63) is 18.1 Å². The SMILES string of the molecule is CC.CCn1cc(C#CCNC(=O)C(F)(F)F)c2c(N)ncnc21. The summed E-state index contributed by atoms with van der Waals surface area (Å²) in [7, 11) is 0. The first-order valence-corrected chi connectivity index (χ1v) is 7.27. The number of hydrogen-bond acceptors (Lipinski definition) is 4. The van der Waals surface area contributed by atoms with E-state index in [1.807, 2.05) is 20.8 Å². The summed E-state index contributed by atoms with van der Waals surface area (Å²) in [5.41, 5.74) is 6.88. The van der Waals surface area contributed by atoms with Crippen LogP contribution in [0, 0.1) is 11.8 Å². The molecule has 3 N–H and O–H groups in total. The maximum absolute atomic E-state index is 12.0. The topological polar surface area (TPSA) is 85.8 Å². The van der Waals surface area contributed by atoms with Crippen LogP contribution in [0.2, 0.25) is 0 Å². The van der Waals surface area contributed by atoms with Gasteiger partial charge in [0.05, 0.1) is 17.5 Å². The van der Waals surface area contributed by atoms with Gasteiger partial charge < -0.3 is 15.6 Å². The average Bonchev–Trinajstić information content (AvgIpc) is 2.91. The number of nitrogens with one attached hydrogen (secondary N) is 1. The second kappa shape index (κ2) is 8.19. The number of aromatic nitrogens is 3. The molecule has 24 heavy (non-hydrogen) atoms. The Kier molecular flexibility index (Phi) is 6.58. The summed E-state index contributed by atoms with van der Waals surface area (Å²) < 4.78 is 37.8. The minimum Gasteiger partial charge on any atom is -0.383 e. The molecule has 130 valence electrons. The summed E-state index contributed by atoms with van der Waals surface area (Å²) in [6.45, 7) is 6.10.